The van der Waals surface area contributed by atoms with Crippen LogP contribution >= 0.6 is 0 Å². The second-order valence-corrected chi connectivity index (χ2v) is 6.92. The minimum absolute atomic E-state index is 0. The van der Waals surface area contributed by atoms with Crippen LogP contribution in [0.3, 0.4) is 0 Å². The summed E-state index contributed by atoms with van der Waals surface area (Å²) in [4.78, 5) is 12.7. The van der Waals surface area contributed by atoms with Crippen molar-refractivity contribution in [3.63, 3.8) is 0 Å². The Bertz CT molecular complexity index is 604. The number of carbonyl (C=O) groups is 1. The molecule has 115 valence electrons. The number of nitrogens with one attached hydrogen (secondary N) is 1. The zero-order chi connectivity index (χ0) is 15.2. The van der Waals surface area contributed by atoms with E-state index in [1.54, 1.807) is 0 Å². The Hall–Kier alpha value is -0.466. The molecule has 0 saturated heterocycles. The van der Waals surface area contributed by atoms with Crippen molar-refractivity contribution in [2.45, 2.75) is 58.9 Å². The van der Waals surface area contributed by atoms with E-state index >= 15 is 0 Å². The summed E-state index contributed by atoms with van der Waals surface area (Å²) >= 11 is 0. The van der Waals surface area contributed by atoms with Crippen molar-refractivity contribution in [2.75, 3.05) is 0 Å². The van der Waals surface area contributed by atoms with Gasteiger partial charge in [-0.1, -0.05) is 20.8 Å². The standard InChI is InChI=1S/C19H24NO.Y/c1-12-8-10-19(11-9-12)15(4)17(18(21)20-19)16-13(2)6-5-7-14(16)3;/h6-7,12H,8-11H2,1-4H3,(H,20,21);/q-1;. The van der Waals surface area contributed by atoms with Crippen molar-refractivity contribution in [3.8, 4) is 0 Å². The molecule has 1 heterocycles. The first kappa shape index (κ1) is 17.9. The molecule has 3 heteroatoms. The molecule has 1 fully saturated rings. The predicted molar refractivity (Wildman–Crippen MR) is 85.9 cm³/mol. The van der Waals surface area contributed by atoms with Gasteiger partial charge in [-0.05, 0) is 44.1 Å². The van der Waals surface area contributed by atoms with Crippen molar-refractivity contribution >= 4 is 11.5 Å². The van der Waals surface area contributed by atoms with Gasteiger partial charge in [0.1, 0.15) is 0 Å². The van der Waals surface area contributed by atoms with Crippen LogP contribution in [-0.2, 0) is 37.5 Å². The number of amides is 1. The Balaban J connectivity index is 0.00000176. The minimum atomic E-state index is -0.0860. The van der Waals surface area contributed by atoms with Gasteiger partial charge in [-0.2, -0.15) is 29.3 Å². The van der Waals surface area contributed by atoms with Gasteiger partial charge in [0.05, 0.1) is 5.54 Å². The number of hydrogen-bond donors (Lipinski definition) is 1. The maximum Gasteiger partial charge on any atom is 0.250 e. The van der Waals surface area contributed by atoms with E-state index in [1.165, 1.54) is 18.4 Å². The number of aryl methyl sites for hydroxylation is 2. The normalized spacial score (nSPS) is 27.8. The van der Waals surface area contributed by atoms with Crippen molar-refractivity contribution in [2.24, 2.45) is 5.92 Å². The maximum atomic E-state index is 12.7. The van der Waals surface area contributed by atoms with E-state index in [0.717, 1.165) is 41.0 Å². The Morgan fingerprint density at radius 3 is 2.23 bits per heavy atom. The van der Waals surface area contributed by atoms with Crippen LogP contribution in [0.15, 0.2) is 17.7 Å². The zero-order valence-electron chi connectivity index (χ0n) is 14.0. The molecule has 0 atom stereocenters. The summed E-state index contributed by atoms with van der Waals surface area (Å²) in [5, 5.41) is 3.32. The number of carbonyl (C=O) groups excluding carboxylic acids is 1. The van der Waals surface area contributed by atoms with E-state index in [4.69, 9.17) is 0 Å². The van der Waals surface area contributed by atoms with Gasteiger partial charge in [-0.15, -0.1) is 5.56 Å². The molecular weight excluding hydrogens is 347 g/mol. The SMILES string of the molecule is CC1=C(c2c(C)c[c-]cc2C)C(=O)NC12CCC(C)CC2.[Y]. The van der Waals surface area contributed by atoms with Gasteiger partial charge < -0.3 is 5.32 Å². The van der Waals surface area contributed by atoms with E-state index in [2.05, 4.69) is 39.1 Å². The summed E-state index contributed by atoms with van der Waals surface area (Å²) in [5.41, 5.74) is 5.46. The van der Waals surface area contributed by atoms with E-state index in [0.29, 0.717) is 0 Å². The topological polar surface area (TPSA) is 29.1 Å². The average molecular weight is 371 g/mol. The third-order valence-electron chi connectivity index (χ3n) is 5.44. The van der Waals surface area contributed by atoms with E-state index in [9.17, 15) is 4.79 Å². The number of hydrogen-bond acceptors (Lipinski definition) is 1. The van der Waals surface area contributed by atoms with Crippen molar-refractivity contribution in [1.29, 1.82) is 0 Å². The van der Waals surface area contributed by atoms with Crippen LogP contribution in [0, 0.1) is 25.8 Å². The van der Waals surface area contributed by atoms with Gasteiger partial charge in [-0.25, -0.2) is 0 Å². The number of rotatable bonds is 1. The summed E-state index contributed by atoms with van der Waals surface area (Å²) in [6, 6.07) is 7.10. The Kier molecular flexibility index (Phi) is 5.34. The molecule has 0 unspecified atom stereocenters. The smallest absolute Gasteiger partial charge is 0.250 e. The molecule has 22 heavy (non-hydrogen) atoms. The Labute approximate surface area is 159 Å². The summed E-state index contributed by atoms with van der Waals surface area (Å²) in [6.07, 6.45) is 4.55. The molecule has 1 spiro atoms. The monoisotopic (exact) mass is 371 g/mol. The van der Waals surface area contributed by atoms with Crippen LogP contribution in [0.1, 0.15) is 56.2 Å². The van der Waals surface area contributed by atoms with E-state index in [-0.39, 0.29) is 44.2 Å². The fourth-order valence-electron chi connectivity index (χ4n) is 3.98. The summed E-state index contributed by atoms with van der Waals surface area (Å²) in [7, 11) is 0. The largest absolute Gasteiger partial charge is 0.343 e. The molecule has 1 aromatic rings. The summed E-state index contributed by atoms with van der Waals surface area (Å²) < 4.78 is 0. The molecule has 2 aliphatic rings. The second-order valence-electron chi connectivity index (χ2n) is 6.92. The van der Waals surface area contributed by atoms with E-state index in [1.807, 2.05) is 12.1 Å². The van der Waals surface area contributed by atoms with Crippen LogP contribution in [0.2, 0.25) is 0 Å². The first-order valence-electron chi connectivity index (χ1n) is 7.96. The summed E-state index contributed by atoms with van der Waals surface area (Å²) in [6.45, 7) is 8.60. The van der Waals surface area contributed by atoms with Crippen molar-refractivity contribution < 1.29 is 37.5 Å². The molecule has 1 aliphatic heterocycles. The average Bonchev–Trinajstić information content (AvgIpc) is 2.67. The van der Waals surface area contributed by atoms with Crippen molar-refractivity contribution in [1.82, 2.24) is 5.32 Å². The first-order chi connectivity index (χ1) is 9.94. The maximum absolute atomic E-state index is 12.7. The van der Waals surface area contributed by atoms with Gasteiger partial charge >= 0.3 is 0 Å². The van der Waals surface area contributed by atoms with Gasteiger partial charge in [0.15, 0.2) is 0 Å². The molecule has 1 N–H and O–H groups in total. The van der Waals surface area contributed by atoms with Crippen LogP contribution in [0.5, 0.6) is 0 Å². The quantitative estimate of drug-likeness (QED) is 0.744. The van der Waals surface area contributed by atoms with Gasteiger partial charge in [0.2, 0.25) is 5.91 Å². The molecule has 1 aliphatic carbocycles. The molecule has 1 aromatic carbocycles. The molecule has 1 radical (unpaired) electrons. The van der Waals surface area contributed by atoms with Gasteiger partial charge in [0, 0.05) is 38.3 Å². The van der Waals surface area contributed by atoms with Crippen LogP contribution in [0.25, 0.3) is 5.57 Å². The first-order valence-corrected chi connectivity index (χ1v) is 7.96. The van der Waals surface area contributed by atoms with Crippen molar-refractivity contribution in [3.05, 3.63) is 40.5 Å². The van der Waals surface area contributed by atoms with Gasteiger partial charge in [-0.3, -0.25) is 4.79 Å². The van der Waals surface area contributed by atoms with Crippen LogP contribution in [0.4, 0.5) is 0 Å². The molecule has 1 amide bonds. The molecule has 3 rings (SSSR count). The van der Waals surface area contributed by atoms with Crippen LogP contribution < -0.4 is 5.32 Å². The second kappa shape index (κ2) is 6.57. The fraction of sp³-hybridized carbons (Fsp3) is 0.526. The third-order valence-corrected chi connectivity index (χ3v) is 5.44. The molecule has 0 bridgehead atoms. The molecular formula is C19H24NOY-. The third kappa shape index (κ3) is 2.85. The van der Waals surface area contributed by atoms with E-state index < -0.39 is 0 Å². The van der Waals surface area contributed by atoms with Gasteiger partial charge in [0.25, 0.3) is 0 Å². The minimum Gasteiger partial charge on any atom is -0.343 e. The molecule has 2 nitrogen and oxygen atoms in total. The molecule has 1 saturated carbocycles. The Morgan fingerprint density at radius 1 is 1.14 bits per heavy atom. The molecule has 0 aromatic heterocycles. The zero-order valence-corrected chi connectivity index (χ0v) is 16.9. The summed E-state index contributed by atoms with van der Waals surface area (Å²) in [5.74, 6) is 0.888. The Morgan fingerprint density at radius 2 is 1.68 bits per heavy atom. The fourth-order valence-corrected chi connectivity index (χ4v) is 3.98. The number of benzene rings is 1. The van der Waals surface area contributed by atoms with Crippen LogP contribution in [-0.4, -0.2) is 11.4 Å². The predicted octanol–water partition coefficient (Wildman–Crippen LogP) is 3.95.